The first-order valence-electron chi connectivity index (χ1n) is 8.57. The van der Waals surface area contributed by atoms with Crippen LogP contribution in [0.2, 0.25) is 0 Å². The summed E-state index contributed by atoms with van der Waals surface area (Å²) in [5.74, 6) is 0.210. The van der Waals surface area contributed by atoms with Crippen molar-refractivity contribution in [3.8, 4) is 16.9 Å². The van der Waals surface area contributed by atoms with E-state index in [4.69, 9.17) is 0 Å². The van der Waals surface area contributed by atoms with E-state index in [1.807, 2.05) is 42.6 Å². The molecule has 1 atom stereocenters. The number of phenols is 1. The fourth-order valence-electron chi connectivity index (χ4n) is 3.80. The van der Waals surface area contributed by atoms with Crippen molar-refractivity contribution >= 4 is 16.7 Å². The van der Waals surface area contributed by atoms with Crippen LogP contribution in [-0.4, -0.2) is 20.3 Å². The minimum absolute atomic E-state index is 0.0571. The van der Waals surface area contributed by atoms with Gasteiger partial charge in [-0.3, -0.25) is 0 Å². The fourth-order valence-corrected chi connectivity index (χ4v) is 3.80. The maximum atomic E-state index is 11.0. The standard InChI is InChI=1S/C20H15N5O2/c26-16-8-4-2-6-12(16)19-13-9-21-20-18(13)17(15(10-22-27)24-25-20)11-5-1-3-7-14(11)23-19/h1-9,19,23,26H,10H2,(H,21,25). The highest BCUT2D eigenvalue weighted by Gasteiger charge is 2.29. The summed E-state index contributed by atoms with van der Waals surface area (Å²) in [5.41, 5.74) is 5.52. The van der Waals surface area contributed by atoms with Gasteiger partial charge in [-0.2, -0.15) is 10.0 Å². The Kier molecular flexibility index (Phi) is 3.39. The number of phenolic OH excluding ortho intramolecular Hbond substituents is 1. The monoisotopic (exact) mass is 357 g/mol. The second-order valence-corrected chi connectivity index (χ2v) is 6.46. The number of aromatic hydroxyl groups is 1. The number of para-hydroxylation sites is 2. The van der Waals surface area contributed by atoms with E-state index in [2.05, 4.69) is 25.7 Å². The lowest BCUT2D eigenvalue weighted by atomic mass is 9.95. The number of nitroso groups, excluding NO2 is 1. The predicted octanol–water partition coefficient (Wildman–Crippen LogP) is 4.11. The zero-order chi connectivity index (χ0) is 18.4. The molecule has 0 bridgehead atoms. The Labute approximate surface area is 154 Å². The zero-order valence-corrected chi connectivity index (χ0v) is 14.2. The van der Waals surface area contributed by atoms with Crippen LogP contribution >= 0.6 is 0 Å². The molecular formula is C20H15N5O2. The molecule has 0 fully saturated rings. The number of hydrogen-bond acceptors (Lipinski definition) is 6. The molecule has 1 aliphatic heterocycles. The van der Waals surface area contributed by atoms with Crippen molar-refractivity contribution in [3.63, 3.8) is 0 Å². The molecular weight excluding hydrogens is 342 g/mol. The van der Waals surface area contributed by atoms with Crippen LogP contribution in [0.4, 0.5) is 5.69 Å². The van der Waals surface area contributed by atoms with Crippen molar-refractivity contribution in [2.45, 2.75) is 12.6 Å². The van der Waals surface area contributed by atoms with Crippen molar-refractivity contribution in [3.05, 3.63) is 76.5 Å². The Balaban J connectivity index is 1.89. The topological polar surface area (TPSA) is 103 Å². The van der Waals surface area contributed by atoms with Crippen LogP contribution < -0.4 is 5.32 Å². The lowest BCUT2D eigenvalue weighted by Gasteiger charge is -2.20. The summed E-state index contributed by atoms with van der Waals surface area (Å²) in [5, 5.41) is 26.3. The van der Waals surface area contributed by atoms with Gasteiger partial charge in [-0.15, -0.1) is 5.10 Å². The molecule has 7 nitrogen and oxygen atoms in total. The second-order valence-electron chi connectivity index (χ2n) is 6.46. The number of rotatable bonds is 3. The summed E-state index contributed by atoms with van der Waals surface area (Å²) in [6, 6.07) is 14.8. The van der Waals surface area contributed by atoms with Crippen LogP contribution in [0.15, 0.2) is 59.9 Å². The van der Waals surface area contributed by atoms with Gasteiger partial charge in [0, 0.05) is 39.5 Å². The summed E-state index contributed by atoms with van der Waals surface area (Å²) < 4.78 is 0. The molecule has 0 amide bonds. The minimum Gasteiger partial charge on any atom is -0.508 e. The molecule has 27 heavy (non-hydrogen) atoms. The fraction of sp³-hybridized carbons (Fsp3) is 0.100. The lowest BCUT2D eigenvalue weighted by molar-refractivity contribution is 0.466. The molecule has 132 valence electrons. The van der Waals surface area contributed by atoms with E-state index >= 15 is 0 Å². The lowest BCUT2D eigenvalue weighted by Crippen LogP contribution is -2.11. The molecule has 0 saturated heterocycles. The molecule has 0 aliphatic carbocycles. The van der Waals surface area contributed by atoms with E-state index in [0.717, 1.165) is 33.3 Å². The molecule has 0 spiro atoms. The van der Waals surface area contributed by atoms with Crippen LogP contribution in [0.1, 0.15) is 22.9 Å². The van der Waals surface area contributed by atoms with Crippen molar-refractivity contribution < 1.29 is 5.11 Å². The number of nitrogens with one attached hydrogen (secondary N) is 2. The van der Waals surface area contributed by atoms with Gasteiger partial charge in [0.1, 0.15) is 12.3 Å². The van der Waals surface area contributed by atoms with Crippen molar-refractivity contribution in [2.75, 3.05) is 5.32 Å². The largest absolute Gasteiger partial charge is 0.508 e. The SMILES string of the molecule is O=NCc1nnc2[nH]cc3c2c1-c1ccccc1NC3c1ccccc1O. The predicted molar refractivity (Wildman–Crippen MR) is 102 cm³/mol. The number of aromatic amines is 1. The number of nitrogens with zero attached hydrogens (tertiary/aromatic N) is 3. The van der Waals surface area contributed by atoms with Gasteiger partial charge in [0.2, 0.25) is 0 Å². The van der Waals surface area contributed by atoms with Gasteiger partial charge < -0.3 is 15.4 Å². The first kappa shape index (κ1) is 15.5. The highest BCUT2D eigenvalue weighted by molar-refractivity contribution is 6.02. The quantitative estimate of drug-likeness (QED) is 0.479. The second kappa shape index (κ2) is 5.91. The Morgan fingerprint density at radius 1 is 1.04 bits per heavy atom. The first-order valence-corrected chi connectivity index (χ1v) is 8.57. The molecule has 5 rings (SSSR count). The van der Waals surface area contributed by atoms with Crippen molar-refractivity contribution in [1.29, 1.82) is 0 Å². The van der Waals surface area contributed by atoms with Crippen molar-refractivity contribution in [2.24, 2.45) is 5.18 Å². The van der Waals surface area contributed by atoms with Gasteiger partial charge in [0.15, 0.2) is 5.65 Å². The summed E-state index contributed by atoms with van der Waals surface area (Å²) in [6.07, 6.45) is 1.87. The molecule has 0 saturated carbocycles. The summed E-state index contributed by atoms with van der Waals surface area (Å²) in [7, 11) is 0. The Morgan fingerprint density at radius 2 is 1.85 bits per heavy atom. The highest BCUT2D eigenvalue weighted by Crippen LogP contribution is 2.45. The van der Waals surface area contributed by atoms with E-state index in [0.29, 0.717) is 11.3 Å². The normalized spacial score (nSPS) is 15.0. The van der Waals surface area contributed by atoms with Crippen LogP contribution in [0, 0.1) is 4.91 Å². The molecule has 3 N–H and O–H groups in total. The van der Waals surface area contributed by atoms with Crippen LogP contribution in [0.3, 0.4) is 0 Å². The Bertz CT molecular complexity index is 1180. The van der Waals surface area contributed by atoms with Gasteiger partial charge in [0.25, 0.3) is 0 Å². The molecule has 3 heterocycles. The molecule has 2 aromatic heterocycles. The summed E-state index contributed by atoms with van der Waals surface area (Å²) >= 11 is 0. The van der Waals surface area contributed by atoms with Gasteiger partial charge in [0.05, 0.1) is 11.7 Å². The van der Waals surface area contributed by atoms with Gasteiger partial charge in [-0.25, -0.2) is 0 Å². The van der Waals surface area contributed by atoms with Crippen LogP contribution in [-0.2, 0) is 6.54 Å². The third-order valence-electron chi connectivity index (χ3n) is 4.97. The zero-order valence-electron chi connectivity index (χ0n) is 14.2. The third-order valence-corrected chi connectivity index (χ3v) is 4.97. The smallest absolute Gasteiger partial charge is 0.160 e. The number of benzene rings is 2. The third kappa shape index (κ3) is 2.28. The molecule has 7 heteroatoms. The molecule has 1 aliphatic rings. The van der Waals surface area contributed by atoms with Gasteiger partial charge in [-0.05, 0) is 12.1 Å². The molecule has 2 aromatic carbocycles. The van der Waals surface area contributed by atoms with E-state index in [1.54, 1.807) is 12.1 Å². The Morgan fingerprint density at radius 3 is 2.70 bits per heavy atom. The molecule has 4 aromatic rings. The summed E-state index contributed by atoms with van der Waals surface area (Å²) in [6.45, 7) is -0.0571. The number of H-pyrrole nitrogens is 1. The number of fused-ring (bicyclic) bond motifs is 2. The van der Waals surface area contributed by atoms with Gasteiger partial charge >= 0.3 is 0 Å². The van der Waals surface area contributed by atoms with Crippen LogP contribution in [0.5, 0.6) is 5.75 Å². The van der Waals surface area contributed by atoms with Gasteiger partial charge in [-0.1, -0.05) is 41.6 Å². The van der Waals surface area contributed by atoms with E-state index < -0.39 is 0 Å². The minimum atomic E-state index is -0.288. The van der Waals surface area contributed by atoms with E-state index in [-0.39, 0.29) is 18.3 Å². The first-order chi connectivity index (χ1) is 13.3. The maximum Gasteiger partial charge on any atom is 0.160 e. The van der Waals surface area contributed by atoms with E-state index in [1.165, 1.54) is 0 Å². The Hall–Kier alpha value is -3.74. The maximum absolute atomic E-state index is 11.0. The molecule has 1 unspecified atom stereocenters. The van der Waals surface area contributed by atoms with E-state index in [9.17, 15) is 10.0 Å². The average molecular weight is 357 g/mol. The molecule has 0 radical (unpaired) electrons. The summed E-state index contributed by atoms with van der Waals surface area (Å²) in [4.78, 5) is 14.1. The highest BCUT2D eigenvalue weighted by atomic mass is 16.3. The van der Waals surface area contributed by atoms with Crippen LogP contribution in [0.25, 0.3) is 22.2 Å². The average Bonchev–Trinajstić information content (AvgIpc) is 3.05. The number of aromatic nitrogens is 3. The number of anilines is 1. The van der Waals surface area contributed by atoms with Crippen molar-refractivity contribution in [1.82, 2.24) is 15.2 Å². The number of hydrogen-bond donors (Lipinski definition) is 3.